The standard InChI is InChI=1S/C27H26F5N5O5S2/c1-35-22(39)19-14(10-43-23(19)36(2)26(35)41)9-18(38)34-25-37(12-42-24(40)13-5-7-33-8-6-13)17(11-44-25)15-3-4-16(28)20(21(15)29)27(30,31)32/h3-4,10-11,13,25,33H,5-9,12H2,1-2H3,(H,34,38). The highest BCUT2D eigenvalue weighted by Gasteiger charge is 2.41. The van der Waals surface area contributed by atoms with Crippen molar-refractivity contribution in [3.63, 3.8) is 0 Å². The Kier molecular flexibility index (Phi) is 8.91. The van der Waals surface area contributed by atoms with Crippen LogP contribution in [0.2, 0.25) is 0 Å². The van der Waals surface area contributed by atoms with Crippen LogP contribution in [0, 0.1) is 17.6 Å². The number of aromatic nitrogens is 2. The van der Waals surface area contributed by atoms with Gasteiger partial charge in [0.15, 0.2) is 12.2 Å². The maximum atomic E-state index is 15.2. The molecule has 0 saturated carbocycles. The average molecular weight is 660 g/mol. The van der Waals surface area contributed by atoms with Crippen LogP contribution >= 0.6 is 23.1 Å². The van der Waals surface area contributed by atoms with Crippen LogP contribution in [0.25, 0.3) is 15.9 Å². The Bertz CT molecular complexity index is 1780. The molecule has 1 amide bonds. The highest BCUT2D eigenvalue weighted by molar-refractivity contribution is 8.03. The zero-order valence-corrected chi connectivity index (χ0v) is 24.9. The Hall–Kier alpha value is -3.70. The van der Waals surface area contributed by atoms with Crippen LogP contribution in [-0.4, -0.2) is 51.2 Å². The van der Waals surface area contributed by atoms with Crippen LogP contribution in [0.1, 0.15) is 29.5 Å². The van der Waals surface area contributed by atoms with E-state index < -0.39 is 70.2 Å². The Balaban J connectivity index is 1.41. The van der Waals surface area contributed by atoms with Gasteiger partial charge in [0.25, 0.3) is 5.56 Å². The number of nitrogens with zero attached hydrogens (tertiary/aromatic N) is 3. The van der Waals surface area contributed by atoms with Crippen molar-refractivity contribution >= 4 is 50.9 Å². The molecular formula is C27H26F5N5O5S2. The first kappa shape index (κ1) is 31.7. The van der Waals surface area contributed by atoms with Gasteiger partial charge < -0.3 is 20.3 Å². The van der Waals surface area contributed by atoms with Gasteiger partial charge in [0.05, 0.1) is 23.4 Å². The van der Waals surface area contributed by atoms with Gasteiger partial charge in [-0.1, -0.05) is 11.8 Å². The molecule has 1 aromatic carbocycles. The molecule has 1 unspecified atom stereocenters. The molecule has 3 aromatic rings. The lowest BCUT2D eigenvalue weighted by molar-refractivity contribution is -0.153. The summed E-state index contributed by atoms with van der Waals surface area (Å²) in [5, 5.41) is 8.83. The highest BCUT2D eigenvalue weighted by Crippen LogP contribution is 2.41. The number of piperidine rings is 1. The van der Waals surface area contributed by atoms with Crippen LogP contribution < -0.4 is 21.9 Å². The van der Waals surface area contributed by atoms with E-state index >= 15 is 4.39 Å². The molecule has 0 radical (unpaired) electrons. The lowest BCUT2D eigenvalue weighted by Crippen LogP contribution is -2.45. The maximum Gasteiger partial charge on any atom is 0.422 e. The van der Waals surface area contributed by atoms with Gasteiger partial charge in [-0.3, -0.25) is 23.5 Å². The van der Waals surface area contributed by atoms with Crippen LogP contribution in [0.5, 0.6) is 0 Å². The van der Waals surface area contributed by atoms with Gasteiger partial charge in [-0.25, -0.2) is 13.6 Å². The molecule has 0 bridgehead atoms. The normalized spacial score (nSPS) is 17.7. The first-order valence-corrected chi connectivity index (χ1v) is 15.1. The average Bonchev–Trinajstić information content (AvgIpc) is 3.57. The van der Waals surface area contributed by atoms with Crippen molar-refractivity contribution in [1.29, 1.82) is 0 Å². The topological polar surface area (TPSA) is 115 Å². The predicted molar refractivity (Wildman–Crippen MR) is 153 cm³/mol. The second-order valence-electron chi connectivity index (χ2n) is 10.3. The highest BCUT2D eigenvalue weighted by atomic mass is 32.2. The van der Waals surface area contributed by atoms with Gasteiger partial charge in [0.1, 0.15) is 22.0 Å². The molecule has 1 atom stereocenters. The smallest absolute Gasteiger partial charge is 0.422 e. The second-order valence-corrected chi connectivity index (χ2v) is 12.1. The van der Waals surface area contributed by atoms with E-state index in [0.29, 0.717) is 42.4 Å². The van der Waals surface area contributed by atoms with Crippen molar-refractivity contribution in [1.82, 2.24) is 24.7 Å². The molecule has 44 heavy (non-hydrogen) atoms. The molecule has 2 aromatic heterocycles. The molecule has 236 valence electrons. The zero-order chi connectivity index (χ0) is 31.9. The number of hydrogen-bond acceptors (Lipinski definition) is 9. The SMILES string of the molecule is Cn1c(=O)c2c(CC(=O)NC3SC=C(c4ccc(F)c(C(F)(F)F)c4F)N3COC(=O)C3CCNCC3)csc2n(C)c1=O. The Morgan fingerprint density at radius 1 is 1.11 bits per heavy atom. The van der Waals surface area contributed by atoms with Gasteiger partial charge >= 0.3 is 17.8 Å². The number of halogens is 5. The molecule has 0 aliphatic carbocycles. The number of carbonyl (C=O) groups is 2. The fourth-order valence-electron chi connectivity index (χ4n) is 5.10. The number of alkyl halides is 3. The minimum atomic E-state index is -5.32. The lowest BCUT2D eigenvalue weighted by Gasteiger charge is -2.30. The molecule has 17 heteroatoms. The number of thiophene rings is 1. The molecule has 2 N–H and O–H groups in total. The molecule has 0 spiro atoms. The summed E-state index contributed by atoms with van der Waals surface area (Å²) in [5.41, 5.74) is -4.66. The summed E-state index contributed by atoms with van der Waals surface area (Å²) in [6.07, 6.45) is -4.60. The second kappa shape index (κ2) is 12.4. The fourth-order valence-corrected chi connectivity index (χ4v) is 7.17. The van der Waals surface area contributed by atoms with E-state index in [1.807, 2.05) is 0 Å². The molecule has 1 saturated heterocycles. The fraction of sp³-hybridized carbons (Fsp3) is 0.407. The number of ether oxygens (including phenoxy) is 1. The molecule has 1 fully saturated rings. The third-order valence-electron chi connectivity index (χ3n) is 7.45. The van der Waals surface area contributed by atoms with Gasteiger partial charge in [-0.2, -0.15) is 13.2 Å². The zero-order valence-electron chi connectivity index (χ0n) is 23.3. The number of carbonyl (C=O) groups excluding carboxylic acids is 2. The van der Waals surface area contributed by atoms with E-state index in [-0.39, 0.29) is 17.5 Å². The van der Waals surface area contributed by atoms with Crippen LogP contribution in [0.3, 0.4) is 0 Å². The number of esters is 1. The summed E-state index contributed by atoms with van der Waals surface area (Å²) in [7, 11) is 2.81. The first-order chi connectivity index (χ1) is 20.8. The van der Waals surface area contributed by atoms with Gasteiger partial charge in [-0.15, -0.1) is 11.3 Å². The van der Waals surface area contributed by atoms with Gasteiger partial charge in [-0.05, 0) is 54.4 Å². The van der Waals surface area contributed by atoms with E-state index in [1.165, 1.54) is 29.0 Å². The van der Waals surface area contributed by atoms with Gasteiger partial charge in [0.2, 0.25) is 5.91 Å². The van der Waals surface area contributed by atoms with Crippen molar-refractivity contribution in [2.75, 3.05) is 19.8 Å². The summed E-state index contributed by atoms with van der Waals surface area (Å²) >= 11 is 2.01. The number of fused-ring (bicyclic) bond motifs is 1. The molecule has 2 aliphatic rings. The number of amides is 1. The van der Waals surface area contributed by atoms with E-state index in [4.69, 9.17) is 4.74 Å². The van der Waals surface area contributed by atoms with Crippen molar-refractivity contribution in [2.45, 2.75) is 30.9 Å². The summed E-state index contributed by atoms with van der Waals surface area (Å²) in [6, 6.07) is 1.34. The predicted octanol–water partition coefficient (Wildman–Crippen LogP) is 3.09. The van der Waals surface area contributed by atoms with E-state index in [1.54, 1.807) is 5.38 Å². The van der Waals surface area contributed by atoms with Crippen molar-refractivity contribution in [3.05, 3.63) is 72.1 Å². The minimum Gasteiger partial charge on any atom is -0.444 e. The number of rotatable bonds is 7. The molecular weight excluding hydrogens is 633 g/mol. The summed E-state index contributed by atoms with van der Waals surface area (Å²) in [4.78, 5) is 52.6. The van der Waals surface area contributed by atoms with Crippen LogP contribution in [0.4, 0.5) is 22.0 Å². The van der Waals surface area contributed by atoms with E-state index in [9.17, 15) is 36.7 Å². The Labute approximate surface area is 254 Å². The van der Waals surface area contributed by atoms with Crippen LogP contribution in [0.15, 0.2) is 32.5 Å². The number of thioether (sulfide) groups is 1. The Morgan fingerprint density at radius 2 is 1.82 bits per heavy atom. The Morgan fingerprint density at radius 3 is 2.50 bits per heavy atom. The molecule has 2 aliphatic heterocycles. The third-order valence-corrected chi connectivity index (χ3v) is 9.54. The lowest BCUT2D eigenvalue weighted by atomic mass is 9.99. The largest absolute Gasteiger partial charge is 0.444 e. The molecule has 5 rings (SSSR count). The minimum absolute atomic E-state index is 0.161. The van der Waals surface area contributed by atoms with E-state index in [2.05, 4.69) is 10.6 Å². The number of benzene rings is 1. The van der Waals surface area contributed by atoms with Crippen LogP contribution in [-0.2, 0) is 41.0 Å². The monoisotopic (exact) mass is 659 g/mol. The summed E-state index contributed by atoms with van der Waals surface area (Å²) in [6.45, 7) is 0.645. The maximum absolute atomic E-state index is 15.2. The number of nitrogens with one attached hydrogen (secondary N) is 2. The quantitative estimate of drug-likeness (QED) is 0.294. The van der Waals surface area contributed by atoms with Gasteiger partial charge in [0, 0.05) is 19.7 Å². The molecule has 10 nitrogen and oxygen atoms in total. The summed E-state index contributed by atoms with van der Waals surface area (Å²) < 4.78 is 77.3. The third kappa shape index (κ3) is 5.99. The van der Waals surface area contributed by atoms with Crippen molar-refractivity contribution in [2.24, 2.45) is 20.0 Å². The van der Waals surface area contributed by atoms with Crippen molar-refractivity contribution < 1.29 is 36.3 Å². The first-order valence-electron chi connectivity index (χ1n) is 13.3. The molecule has 4 heterocycles. The number of aryl methyl sites for hydroxylation is 1. The van der Waals surface area contributed by atoms with E-state index in [0.717, 1.165) is 33.7 Å². The summed E-state index contributed by atoms with van der Waals surface area (Å²) in [5.74, 6) is -5.23. The van der Waals surface area contributed by atoms with Crippen molar-refractivity contribution in [3.8, 4) is 0 Å². The number of hydrogen-bond donors (Lipinski definition) is 2.